The highest BCUT2D eigenvalue weighted by Gasteiger charge is 2.43. The summed E-state index contributed by atoms with van der Waals surface area (Å²) in [6.07, 6.45) is 26.2. The molecule has 0 radical (unpaired) electrons. The Morgan fingerprint density at radius 2 is 0.724 bits per heavy atom. The van der Waals surface area contributed by atoms with Gasteiger partial charge in [0.2, 0.25) is 0 Å². The van der Waals surface area contributed by atoms with E-state index in [2.05, 4.69) is 218 Å². The topological polar surface area (TPSA) is 175 Å². The van der Waals surface area contributed by atoms with Gasteiger partial charge < -0.3 is 49.9 Å². The van der Waals surface area contributed by atoms with Crippen LogP contribution in [0.2, 0.25) is 0 Å². The van der Waals surface area contributed by atoms with Crippen LogP contribution in [0.4, 0.5) is 22.7 Å². The molecule has 6 aromatic rings. The van der Waals surface area contributed by atoms with Crippen molar-refractivity contribution >= 4 is 22.7 Å². The molecule has 0 aliphatic carbocycles. The Morgan fingerprint density at radius 3 is 1.06 bits per heavy atom. The second-order valence-electron chi connectivity index (χ2n) is 31.9. The van der Waals surface area contributed by atoms with Crippen LogP contribution in [-0.2, 0) is 30.7 Å². The molecule has 16 heteroatoms. The summed E-state index contributed by atoms with van der Waals surface area (Å²) in [6, 6.07) is 29.3. The lowest BCUT2D eigenvalue weighted by Crippen LogP contribution is -2.44. The molecule has 4 N–H and O–H groups in total. The van der Waals surface area contributed by atoms with Crippen LogP contribution in [0.1, 0.15) is 265 Å². The Bertz CT molecular complexity index is 3190. The van der Waals surface area contributed by atoms with Crippen LogP contribution < -0.4 is 24.9 Å². The molecule has 0 amide bonds. The van der Waals surface area contributed by atoms with Crippen LogP contribution >= 0.6 is 0 Å². The second kappa shape index (κ2) is 33.6. The van der Waals surface area contributed by atoms with Crippen molar-refractivity contribution in [1.29, 1.82) is 0 Å². The molecule has 0 spiro atoms. The van der Waals surface area contributed by atoms with Crippen LogP contribution in [-0.4, -0.2) is 150 Å². The van der Waals surface area contributed by atoms with Gasteiger partial charge in [0, 0.05) is 103 Å². The summed E-state index contributed by atoms with van der Waals surface area (Å²) >= 11 is 0. The van der Waals surface area contributed by atoms with E-state index in [-0.39, 0.29) is 18.3 Å². The van der Waals surface area contributed by atoms with Crippen molar-refractivity contribution in [2.45, 2.75) is 301 Å². The lowest BCUT2D eigenvalue weighted by molar-refractivity contribution is 0.0304. The fourth-order valence-electron chi connectivity index (χ4n) is 16.7. The van der Waals surface area contributed by atoms with Crippen LogP contribution in [0.5, 0.6) is 0 Å². The van der Waals surface area contributed by atoms with E-state index in [1.165, 1.54) is 114 Å². The summed E-state index contributed by atoms with van der Waals surface area (Å²) < 4.78 is 5.85. The van der Waals surface area contributed by atoms with Gasteiger partial charge in [-0.15, -0.1) is 0 Å². The highest BCUT2D eigenvalue weighted by molar-refractivity contribution is 5.52. The molecule has 10 aliphatic heterocycles. The van der Waals surface area contributed by atoms with Crippen molar-refractivity contribution in [2.24, 2.45) is 0 Å². The van der Waals surface area contributed by atoms with E-state index in [1.54, 1.807) is 0 Å². The van der Waals surface area contributed by atoms with E-state index in [0.717, 1.165) is 108 Å². The van der Waals surface area contributed by atoms with Gasteiger partial charge in [-0.05, 0) is 224 Å². The van der Waals surface area contributed by atoms with Gasteiger partial charge in [-0.3, -0.25) is 29.9 Å². The van der Waals surface area contributed by atoms with E-state index in [9.17, 15) is 15.3 Å². The molecule has 532 valence electrons. The number of morpholine rings is 1. The fraction of sp³-hybridized carbons (Fsp3) is 0.634. The maximum atomic E-state index is 9.83. The second-order valence-corrected chi connectivity index (χ2v) is 31.9. The van der Waals surface area contributed by atoms with Gasteiger partial charge in [-0.2, -0.15) is 0 Å². The van der Waals surface area contributed by atoms with Crippen molar-refractivity contribution in [2.75, 3.05) is 52.8 Å². The molecule has 10 aliphatic rings. The predicted molar refractivity (Wildman–Crippen MR) is 399 cm³/mol. The maximum Gasteiger partial charge on any atom is 0.0755 e. The number of nitrogens with zero attached hydrogens (tertiary/aromatic N) is 11. The average molecular weight is 1340 g/mol. The Labute approximate surface area is 588 Å². The Balaban J connectivity index is 0.000000120. The molecular weight excluding hydrogens is 1220 g/mol. The molecule has 4 unspecified atom stereocenters. The molecule has 16 rings (SSSR count). The van der Waals surface area contributed by atoms with E-state index in [0.29, 0.717) is 84.0 Å². The van der Waals surface area contributed by atoms with E-state index in [4.69, 9.17) is 9.72 Å². The first kappa shape index (κ1) is 73.1. The Morgan fingerprint density at radius 1 is 0.398 bits per heavy atom. The number of pyridine rings is 6. The van der Waals surface area contributed by atoms with E-state index in [1.807, 2.05) is 24.8 Å². The monoisotopic (exact) mass is 1340 g/mol. The maximum absolute atomic E-state index is 9.83. The van der Waals surface area contributed by atoms with Crippen molar-refractivity contribution < 1.29 is 20.1 Å². The summed E-state index contributed by atoms with van der Waals surface area (Å²) in [4.78, 5) is 39.8. The summed E-state index contributed by atoms with van der Waals surface area (Å²) in [5.41, 5.74) is 17.4. The van der Waals surface area contributed by atoms with Crippen LogP contribution in [0.3, 0.4) is 0 Å². The van der Waals surface area contributed by atoms with Gasteiger partial charge >= 0.3 is 0 Å². The van der Waals surface area contributed by atoms with Gasteiger partial charge in [-0.1, -0.05) is 95.2 Å². The van der Waals surface area contributed by atoms with Gasteiger partial charge in [0.15, 0.2) is 0 Å². The van der Waals surface area contributed by atoms with Crippen molar-refractivity contribution in [1.82, 2.24) is 40.1 Å². The SMILES string of the molecule is CC(C)c1ccc(N2C3CCC2CC(O)C3)cn1.CC(C)c1ccc(N2C[C@H]3CC[C@@H](C2)O3)cn1.CC(C)c1ccc(N2[C@@H]3CC[C@H]2CC(O)C3)cn1.CC(C)c1ccc(N2[C@@H]3CC[C@H]2CC(O)C3)cn1.CC(C)c1ccc2c(n1)CN(C)CC2.CC(C)c1ccc2c(n1)CNCC2. The van der Waals surface area contributed by atoms with Crippen molar-refractivity contribution in [3.63, 3.8) is 0 Å². The minimum Gasteiger partial charge on any atom is -0.393 e. The first-order valence-electron chi connectivity index (χ1n) is 38.1. The highest BCUT2D eigenvalue weighted by Crippen LogP contribution is 2.42. The lowest BCUT2D eigenvalue weighted by atomic mass is 9.99. The molecule has 98 heavy (non-hydrogen) atoms. The quantitative estimate of drug-likeness (QED) is 0.102. The van der Waals surface area contributed by atoms with Crippen molar-refractivity contribution in [3.05, 3.63) is 154 Å². The zero-order valence-electron chi connectivity index (χ0n) is 61.8. The number of ether oxygens (including phenoxy) is 1. The van der Waals surface area contributed by atoms with Gasteiger partial charge in [-0.25, -0.2) is 0 Å². The molecule has 8 bridgehead atoms. The lowest BCUT2D eigenvalue weighted by Gasteiger charge is -2.38. The van der Waals surface area contributed by atoms with Crippen LogP contribution in [0.25, 0.3) is 0 Å². The normalized spacial score (nSPS) is 26.5. The Kier molecular flexibility index (Phi) is 25.0. The molecular formula is C82H120N12O4. The zero-order chi connectivity index (χ0) is 69.3. The number of aliphatic hydroxyl groups excluding tert-OH is 3. The third-order valence-electron chi connectivity index (χ3n) is 22.3. The summed E-state index contributed by atoms with van der Waals surface area (Å²) in [7, 11) is 2.16. The largest absolute Gasteiger partial charge is 0.393 e. The number of aromatic nitrogens is 6. The van der Waals surface area contributed by atoms with Crippen molar-refractivity contribution in [3.8, 4) is 0 Å². The number of nitrogens with one attached hydrogen (secondary N) is 1. The summed E-state index contributed by atoms with van der Waals surface area (Å²) in [5.74, 6) is 3.03. The summed E-state index contributed by atoms with van der Waals surface area (Å²) in [5, 5.41) is 32.8. The Hall–Kier alpha value is -6.14. The van der Waals surface area contributed by atoms with Gasteiger partial charge in [0.1, 0.15) is 0 Å². The van der Waals surface area contributed by atoms with Gasteiger partial charge in [0.25, 0.3) is 0 Å². The number of rotatable bonds is 10. The van der Waals surface area contributed by atoms with E-state index < -0.39 is 0 Å². The number of piperidine rings is 3. The number of anilines is 4. The first-order chi connectivity index (χ1) is 47.1. The molecule has 8 saturated heterocycles. The number of likely N-dealkylation sites (N-methyl/N-ethyl adjacent to an activating group) is 1. The molecule has 0 aromatic carbocycles. The fourth-order valence-corrected chi connectivity index (χ4v) is 16.7. The molecule has 16 heterocycles. The minimum atomic E-state index is -0.0957. The number of hydrogen-bond donors (Lipinski definition) is 4. The average Bonchev–Trinajstić information content (AvgIpc) is 1.64. The van der Waals surface area contributed by atoms with Crippen LogP contribution in [0, 0.1) is 0 Å². The molecule has 16 nitrogen and oxygen atoms in total. The smallest absolute Gasteiger partial charge is 0.0755 e. The number of fused-ring (bicyclic) bond motifs is 10. The van der Waals surface area contributed by atoms with Crippen LogP contribution in [0.15, 0.2) is 97.6 Å². The van der Waals surface area contributed by atoms with Gasteiger partial charge in [0.05, 0.1) is 89.4 Å². The molecule has 10 atom stereocenters. The standard InChI is InChI=1S/3C15H22N2O.C14H20N2O.C12H18N2.C11H16N2/c3*1-10(2)15-6-5-13(9-16-15)17-11-3-4-12(17)8-14(18)7-11;1-10(2)14-6-3-11(7-15-14)16-8-12-4-5-13(9-16)17-12;1-9(2)11-5-4-10-6-7-14(3)8-12(10)13-11;1-8(2)10-4-3-9-5-6-12-7-11(9)13-10/h3*5-6,9-12,14,18H,3-4,7-8H2,1-2H3;3,6-7,10,12-13H,4-5,8-9H2,1-2H3;4-5,9H,6-8H2,1-3H3;3-4,8,12H,5-7H2,1-2H3/t2*11-,12+,14?;;12-,13+;;. The third kappa shape index (κ3) is 18.5. The zero-order valence-corrected chi connectivity index (χ0v) is 61.8. The number of hydrogen-bond acceptors (Lipinski definition) is 16. The van der Waals surface area contributed by atoms with E-state index >= 15 is 0 Å². The highest BCUT2D eigenvalue weighted by atomic mass is 16.5. The summed E-state index contributed by atoms with van der Waals surface area (Å²) in [6.45, 7) is 32.4. The molecule has 8 fully saturated rings. The minimum absolute atomic E-state index is 0.0957. The molecule has 0 saturated carbocycles. The number of aliphatic hydroxyl groups is 3. The first-order valence-corrected chi connectivity index (χ1v) is 38.1. The molecule has 6 aromatic heterocycles. The predicted octanol–water partition coefficient (Wildman–Crippen LogP) is 14.7. The third-order valence-corrected chi connectivity index (χ3v) is 22.3.